The summed E-state index contributed by atoms with van der Waals surface area (Å²) in [5.41, 5.74) is 12.5. The average Bonchev–Trinajstić information content (AvgIpc) is 3.42. The lowest BCUT2D eigenvalue weighted by Gasteiger charge is -2.44. The van der Waals surface area contributed by atoms with Crippen molar-refractivity contribution in [2.24, 2.45) is 0 Å². The second kappa shape index (κ2) is 12.3. The molecule has 1 aromatic heterocycles. The summed E-state index contributed by atoms with van der Waals surface area (Å²) < 4.78 is 40.4. The Kier molecular flexibility index (Phi) is 7.28. The molecule has 0 saturated heterocycles. The molecule has 0 N–H and O–H groups in total. The summed E-state index contributed by atoms with van der Waals surface area (Å²) in [6.45, 7) is 10.3. The van der Waals surface area contributed by atoms with E-state index in [1.165, 1.54) is 31.5 Å². The first-order valence-electron chi connectivity index (χ1n) is 19.0. The zero-order valence-electron chi connectivity index (χ0n) is 30.6. The van der Waals surface area contributed by atoms with E-state index in [-0.39, 0.29) is 6.71 Å². The Morgan fingerprint density at radius 2 is 1.22 bits per heavy atom. The van der Waals surface area contributed by atoms with Gasteiger partial charge in [-0.15, -0.1) is 11.3 Å². The summed E-state index contributed by atoms with van der Waals surface area (Å²) in [7, 11) is 0. The van der Waals surface area contributed by atoms with Crippen LogP contribution in [0.2, 0.25) is 0 Å². The smallest absolute Gasteiger partial charge is 0.264 e. The highest BCUT2D eigenvalue weighted by atomic mass is 32.1. The number of nitrogens with zero attached hydrogens (tertiary/aromatic N) is 2. The van der Waals surface area contributed by atoms with Crippen LogP contribution < -0.4 is 53.9 Å². The lowest BCUT2D eigenvalue weighted by molar-refractivity contribution is 0.296. The van der Waals surface area contributed by atoms with E-state index in [4.69, 9.17) is 28.4 Å². The predicted octanol–water partition coefficient (Wildman–Crippen LogP) is 8.39. The molecule has 5 aromatic carbocycles. The van der Waals surface area contributed by atoms with Gasteiger partial charge < -0.3 is 38.2 Å². The zero-order valence-corrected chi connectivity index (χ0v) is 31.4. The molecule has 8 nitrogen and oxygen atoms in total. The summed E-state index contributed by atoms with van der Waals surface area (Å²) in [5.74, 6) is 4.75. The monoisotopic (exact) mass is 734 g/mol. The molecule has 270 valence electrons. The van der Waals surface area contributed by atoms with Crippen molar-refractivity contribution in [3.05, 3.63) is 89.5 Å². The second-order valence-corrected chi connectivity index (χ2v) is 15.9. The van der Waals surface area contributed by atoms with Crippen molar-refractivity contribution in [2.45, 2.75) is 40.0 Å². The Hall–Kier alpha value is -5.48. The van der Waals surface area contributed by atoms with Gasteiger partial charge in [0.05, 0.1) is 56.7 Å². The lowest BCUT2D eigenvalue weighted by Crippen LogP contribution is -2.60. The molecule has 0 atom stereocenters. The molecule has 0 unspecified atom stereocenters. The van der Waals surface area contributed by atoms with E-state index in [9.17, 15) is 0 Å². The van der Waals surface area contributed by atoms with Crippen molar-refractivity contribution in [1.29, 1.82) is 0 Å². The molecule has 11 rings (SSSR count). The Labute approximate surface area is 318 Å². The number of fused-ring (bicyclic) bond motifs is 9. The summed E-state index contributed by atoms with van der Waals surface area (Å²) in [5, 5.41) is 1.23. The SMILES string of the molecule is Cc1cc2c3c(c1)N(c1c(C)cc4c(c1C)OCCCO4)c1c(sc4ccccc14)B3c1cc3c(cc1N2c1ccc2c(c1)OCCCO2)OCCCO3. The Morgan fingerprint density at radius 1 is 0.574 bits per heavy atom. The molecule has 10 heteroatoms. The van der Waals surface area contributed by atoms with Crippen LogP contribution in [-0.4, -0.2) is 46.4 Å². The minimum absolute atomic E-state index is 0.0518. The van der Waals surface area contributed by atoms with E-state index in [2.05, 4.69) is 97.3 Å². The van der Waals surface area contributed by atoms with Gasteiger partial charge in [-0.05, 0) is 85.3 Å². The van der Waals surface area contributed by atoms with Crippen LogP contribution in [0.3, 0.4) is 0 Å². The average molecular weight is 735 g/mol. The quantitative estimate of drug-likeness (QED) is 0.164. The number of hydrogen-bond donors (Lipinski definition) is 0. The van der Waals surface area contributed by atoms with Gasteiger partial charge in [0.25, 0.3) is 6.71 Å². The van der Waals surface area contributed by atoms with Gasteiger partial charge in [-0.3, -0.25) is 0 Å². The fraction of sp³-hybridized carbons (Fsp3) is 0.273. The summed E-state index contributed by atoms with van der Waals surface area (Å²) in [4.78, 5) is 4.92. The number of aryl methyl sites for hydroxylation is 2. The van der Waals surface area contributed by atoms with Gasteiger partial charge in [0.1, 0.15) is 0 Å². The Balaban J connectivity index is 1.23. The molecule has 0 spiro atoms. The highest BCUT2D eigenvalue weighted by molar-refractivity contribution is 7.33. The van der Waals surface area contributed by atoms with Crippen LogP contribution >= 0.6 is 11.3 Å². The first kappa shape index (κ1) is 32.0. The molecule has 0 aliphatic carbocycles. The van der Waals surface area contributed by atoms with E-state index in [1.54, 1.807) is 0 Å². The summed E-state index contributed by atoms with van der Waals surface area (Å²) in [6, 6.07) is 26.5. The third-order valence-corrected chi connectivity index (χ3v) is 12.5. The summed E-state index contributed by atoms with van der Waals surface area (Å²) >= 11 is 1.88. The molecular weight excluding hydrogens is 695 g/mol. The maximum Gasteiger partial charge on any atom is 0.264 e. The van der Waals surface area contributed by atoms with E-state index >= 15 is 0 Å². The van der Waals surface area contributed by atoms with Crippen LogP contribution in [0.25, 0.3) is 10.1 Å². The van der Waals surface area contributed by atoms with Crippen molar-refractivity contribution >= 4 is 78.0 Å². The van der Waals surface area contributed by atoms with Crippen molar-refractivity contribution in [2.75, 3.05) is 49.4 Å². The second-order valence-electron chi connectivity index (χ2n) is 14.8. The van der Waals surface area contributed by atoms with E-state index in [0.717, 1.165) is 98.9 Å². The third kappa shape index (κ3) is 4.75. The van der Waals surface area contributed by atoms with Crippen molar-refractivity contribution in [3.8, 4) is 34.5 Å². The highest BCUT2D eigenvalue weighted by Crippen LogP contribution is 2.53. The summed E-state index contributed by atoms with van der Waals surface area (Å²) in [6.07, 6.45) is 2.53. The van der Waals surface area contributed by atoms with Gasteiger partial charge in [0.2, 0.25) is 0 Å². The Bertz CT molecular complexity index is 2530. The molecule has 6 aromatic rings. The number of rotatable bonds is 2. The topological polar surface area (TPSA) is 61.9 Å². The molecule has 0 amide bonds. The van der Waals surface area contributed by atoms with Crippen molar-refractivity contribution in [3.63, 3.8) is 0 Å². The van der Waals surface area contributed by atoms with Gasteiger partial charge in [0, 0.05) is 68.9 Å². The highest BCUT2D eigenvalue weighted by Gasteiger charge is 2.47. The van der Waals surface area contributed by atoms with Crippen LogP contribution in [0.5, 0.6) is 34.5 Å². The normalized spacial score (nSPS) is 16.5. The first-order valence-corrected chi connectivity index (χ1v) is 19.8. The molecule has 6 heterocycles. The molecule has 54 heavy (non-hydrogen) atoms. The van der Waals surface area contributed by atoms with Gasteiger partial charge in [-0.2, -0.15) is 0 Å². The van der Waals surface area contributed by atoms with Crippen LogP contribution in [0.1, 0.15) is 36.0 Å². The molecule has 0 bridgehead atoms. The number of thiophene rings is 1. The van der Waals surface area contributed by atoms with Crippen LogP contribution in [0, 0.1) is 20.8 Å². The van der Waals surface area contributed by atoms with Gasteiger partial charge in [0.15, 0.2) is 34.5 Å². The van der Waals surface area contributed by atoms with Crippen LogP contribution in [0.15, 0.2) is 72.8 Å². The van der Waals surface area contributed by atoms with E-state index in [0.29, 0.717) is 39.6 Å². The van der Waals surface area contributed by atoms with Crippen LogP contribution in [0.4, 0.5) is 34.1 Å². The van der Waals surface area contributed by atoms with Crippen molar-refractivity contribution in [1.82, 2.24) is 0 Å². The molecule has 5 aliphatic rings. The zero-order chi connectivity index (χ0) is 36.1. The minimum Gasteiger partial charge on any atom is -0.490 e. The Morgan fingerprint density at radius 3 is 2.00 bits per heavy atom. The third-order valence-electron chi connectivity index (χ3n) is 11.2. The molecule has 0 radical (unpaired) electrons. The van der Waals surface area contributed by atoms with Crippen LogP contribution in [-0.2, 0) is 0 Å². The first-order chi connectivity index (χ1) is 26.5. The number of anilines is 6. The van der Waals surface area contributed by atoms with Crippen molar-refractivity contribution < 1.29 is 28.4 Å². The molecule has 5 aliphatic heterocycles. The maximum absolute atomic E-state index is 6.45. The van der Waals surface area contributed by atoms with Gasteiger partial charge in [-0.1, -0.05) is 18.2 Å². The predicted molar refractivity (Wildman–Crippen MR) is 217 cm³/mol. The minimum atomic E-state index is -0.0518. The standard InChI is InChI=1S/C44H39BN2O6S/c1-25-19-32-40-33(20-25)47(41-26(2)21-38-43(27(41)3)53-18-8-17-52-38)42-29-9-4-5-10-39(29)54-44(42)45(40)30-23-36-37(51-16-7-15-50-36)24-31(30)46(32)28-11-12-34-35(22-28)49-14-6-13-48-34/h4-5,9-12,19-24H,6-8,13-18H2,1-3H3. The lowest BCUT2D eigenvalue weighted by atomic mass is 9.36. The fourth-order valence-corrected chi connectivity index (χ4v) is 10.3. The van der Waals surface area contributed by atoms with Gasteiger partial charge in [-0.25, -0.2) is 0 Å². The largest absolute Gasteiger partial charge is 0.490 e. The van der Waals surface area contributed by atoms with E-state index < -0.39 is 0 Å². The number of hydrogen-bond acceptors (Lipinski definition) is 9. The molecule has 0 saturated carbocycles. The molecular formula is C44H39BN2O6S. The molecule has 0 fully saturated rings. The van der Waals surface area contributed by atoms with E-state index in [1.807, 2.05) is 17.4 Å². The van der Waals surface area contributed by atoms with Gasteiger partial charge >= 0.3 is 0 Å². The number of benzene rings is 5. The number of ether oxygens (including phenoxy) is 6. The maximum atomic E-state index is 6.45. The fourth-order valence-electron chi connectivity index (χ4n) is 8.99.